The zero-order valence-electron chi connectivity index (χ0n) is 13.5. The highest BCUT2D eigenvalue weighted by atomic mass is 16.1. The molecule has 0 bridgehead atoms. The van der Waals surface area contributed by atoms with Crippen LogP contribution in [-0.4, -0.2) is 19.0 Å². The van der Waals surface area contributed by atoms with Crippen molar-refractivity contribution < 1.29 is 4.79 Å². The van der Waals surface area contributed by atoms with Crippen LogP contribution in [0, 0.1) is 19.8 Å². The molecule has 1 saturated heterocycles. The molecule has 1 aromatic rings. The summed E-state index contributed by atoms with van der Waals surface area (Å²) in [7, 11) is 0. The van der Waals surface area contributed by atoms with Gasteiger partial charge in [-0.1, -0.05) is 23.8 Å². The van der Waals surface area contributed by atoms with Crippen LogP contribution in [0.25, 0.3) is 0 Å². The monoisotopic (exact) mass is 288 g/mol. The van der Waals surface area contributed by atoms with E-state index in [0.29, 0.717) is 12.3 Å². The molecule has 2 rings (SSSR count). The summed E-state index contributed by atoms with van der Waals surface area (Å²) in [5.41, 5.74) is 3.71. The minimum absolute atomic E-state index is 0.0884. The van der Waals surface area contributed by atoms with Gasteiger partial charge in [0.25, 0.3) is 0 Å². The van der Waals surface area contributed by atoms with Gasteiger partial charge in [0.2, 0.25) is 5.91 Å². The quantitative estimate of drug-likeness (QED) is 0.873. The number of hydrogen-bond acceptors (Lipinski definition) is 2. The van der Waals surface area contributed by atoms with Crippen molar-refractivity contribution in [2.75, 3.05) is 13.1 Å². The normalized spacial score (nSPS) is 17.5. The van der Waals surface area contributed by atoms with Crippen LogP contribution >= 0.6 is 0 Å². The molecule has 1 fully saturated rings. The lowest BCUT2D eigenvalue weighted by atomic mass is 9.93. The Labute approximate surface area is 128 Å². The van der Waals surface area contributed by atoms with Gasteiger partial charge in [-0.2, -0.15) is 0 Å². The third-order valence-electron chi connectivity index (χ3n) is 4.52. The Morgan fingerprint density at radius 1 is 1.33 bits per heavy atom. The van der Waals surface area contributed by atoms with E-state index < -0.39 is 0 Å². The summed E-state index contributed by atoms with van der Waals surface area (Å²) in [6.07, 6.45) is 4.09. The van der Waals surface area contributed by atoms with E-state index in [-0.39, 0.29) is 11.9 Å². The van der Waals surface area contributed by atoms with Crippen LogP contribution < -0.4 is 10.6 Å². The van der Waals surface area contributed by atoms with Gasteiger partial charge in [0, 0.05) is 6.42 Å². The second kappa shape index (κ2) is 7.60. The van der Waals surface area contributed by atoms with E-state index in [1.807, 2.05) is 0 Å². The molecule has 116 valence electrons. The zero-order valence-corrected chi connectivity index (χ0v) is 13.5. The average molecular weight is 288 g/mol. The highest BCUT2D eigenvalue weighted by Crippen LogP contribution is 2.20. The first-order chi connectivity index (χ1) is 10.1. The number of carbonyl (C=O) groups is 1. The molecule has 21 heavy (non-hydrogen) atoms. The van der Waals surface area contributed by atoms with Gasteiger partial charge in [-0.25, -0.2) is 0 Å². The lowest BCUT2D eigenvalue weighted by Crippen LogP contribution is -2.30. The second-order valence-corrected chi connectivity index (χ2v) is 6.38. The van der Waals surface area contributed by atoms with Gasteiger partial charge in [0.15, 0.2) is 0 Å². The number of aryl methyl sites for hydroxylation is 2. The first-order valence-corrected chi connectivity index (χ1v) is 8.13. The van der Waals surface area contributed by atoms with Crippen molar-refractivity contribution in [3.63, 3.8) is 0 Å². The SMILES string of the molecule is Cc1ccc(C)c(C(C)NC(=O)CCC2CCNCC2)c1. The Morgan fingerprint density at radius 3 is 2.76 bits per heavy atom. The Kier molecular flexibility index (Phi) is 5.80. The van der Waals surface area contributed by atoms with Crippen LogP contribution in [0.5, 0.6) is 0 Å². The van der Waals surface area contributed by atoms with E-state index in [2.05, 4.69) is 49.6 Å². The predicted octanol–water partition coefficient (Wildman–Crippen LogP) is 3.26. The molecule has 0 spiro atoms. The number of hydrogen-bond donors (Lipinski definition) is 2. The van der Waals surface area contributed by atoms with Gasteiger partial charge < -0.3 is 10.6 Å². The lowest BCUT2D eigenvalue weighted by molar-refractivity contribution is -0.122. The van der Waals surface area contributed by atoms with E-state index >= 15 is 0 Å². The first kappa shape index (κ1) is 16.0. The maximum absolute atomic E-state index is 12.1. The summed E-state index contributed by atoms with van der Waals surface area (Å²) >= 11 is 0. The number of piperidine rings is 1. The molecule has 1 aliphatic rings. The third-order valence-corrected chi connectivity index (χ3v) is 4.52. The highest BCUT2D eigenvalue weighted by Gasteiger charge is 2.16. The molecule has 3 heteroatoms. The molecule has 3 nitrogen and oxygen atoms in total. The minimum atomic E-state index is 0.0884. The van der Waals surface area contributed by atoms with Crippen LogP contribution in [0.1, 0.15) is 55.3 Å². The fourth-order valence-electron chi connectivity index (χ4n) is 3.12. The van der Waals surface area contributed by atoms with Crippen molar-refractivity contribution >= 4 is 5.91 Å². The molecule has 1 aromatic carbocycles. The van der Waals surface area contributed by atoms with Crippen LogP contribution in [0.2, 0.25) is 0 Å². The smallest absolute Gasteiger partial charge is 0.220 e. The van der Waals surface area contributed by atoms with Gasteiger partial charge in [0.05, 0.1) is 6.04 Å². The molecule has 0 aromatic heterocycles. The Bertz CT molecular complexity index is 478. The summed E-state index contributed by atoms with van der Waals surface area (Å²) in [5, 5.41) is 6.52. The molecular weight excluding hydrogens is 260 g/mol. The Hall–Kier alpha value is -1.35. The number of rotatable bonds is 5. The van der Waals surface area contributed by atoms with Gasteiger partial charge in [0.1, 0.15) is 0 Å². The summed E-state index contributed by atoms with van der Waals surface area (Å²) < 4.78 is 0. The van der Waals surface area contributed by atoms with Crippen LogP contribution in [0.4, 0.5) is 0 Å². The zero-order chi connectivity index (χ0) is 15.2. The largest absolute Gasteiger partial charge is 0.350 e. The van der Waals surface area contributed by atoms with E-state index in [1.165, 1.54) is 29.5 Å². The molecule has 1 aliphatic heterocycles. The van der Waals surface area contributed by atoms with E-state index in [0.717, 1.165) is 19.5 Å². The molecular formula is C18H28N2O. The summed E-state index contributed by atoms with van der Waals surface area (Å²) in [6.45, 7) is 8.47. The molecule has 1 heterocycles. The standard InChI is InChI=1S/C18H28N2O/c1-13-4-5-14(2)17(12-13)15(3)20-18(21)7-6-16-8-10-19-11-9-16/h4-5,12,15-16,19H,6-11H2,1-3H3,(H,20,21). The fraction of sp³-hybridized carbons (Fsp3) is 0.611. The molecule has 0 radical (unpaired) electrons. The van der Waals surface area contributed by atoms with Crippen molar-refractivity contribution in [3.05, 3.63) is 34.9 Å². The van der Waals surface area contributed by atoms with Gasteiger partial charge in [-0.15, -0.1) is 0 Å². The number of carbonyl (C=O) groups excluding carboxylic acids is 1. The Morgan fingerprint density at radius 2 is 2.05 bits per heavy atom. The van der Waals surface area contributed by atoms with E-state index in [9.17, 15) is 4.79 Å². The van der Waals surface area contributed by atoms with Gasteiger partial charge in [-0.3, -0.25) is 4.79 Å². The van der Waals surface area contributed by atoms with Crippen molar-refractivity contribution in [3.8, 4) is 0 Å². The topological polar surface area (TPSA) is 41.1 Å². The van der Waals surface area contributed by atoms with Crippen LogP contribution in [0.3, 0.4) is 0 Å². The summed E-state index contributed by atoms with van der Waals surface area (Å²) in [5.74, 6) is 0.898. The fourth-order valence-corrected chi connectivity index (χ4v) is 3.12. The highest BCUT2D eigenvalue weighted by molar-refractivity contribution is 5.76. The van der Waals surface area contributed by atoms with E-state index in [4.69, 9.17) is 0 Å². The van der Waals surface area contributed by atoms with Crippen LogP contribution in [-0.2, 0) is 4.79 Å². The third kappa shape index (κ3) is 4.85. The number of nitrogens with one attached hydrogen (secondary N) is 2. The Balaban J connectivity index is 1.82. The average Bonchev–Trinajstić information content (AvgIpc) is 2.48. The van der Waals surface area contributed by atoms with Gasteiger partial charge >= 0.3 is 0 Å². The summed E-state index contributed by atoms with van der Waals surface area (Å²) in [6, 6.07) is 6.50. The maximum Gasteiger partial charge on any atom is 0.220 e. The maximum atomic E-state index is 12.1. The van der Waals surface area contributed by atoms with Crippen LogP contribution in [0.15, 0.2) is 18.2 Å². The van der Waals surface area contributed by atoms with Crippen molar-refractivity contribution in [1.82, 2.24) is 10.6 Å². The van der Waals surface area contributed by atoms with Crippen molar-refractivity contribution in [1.29, 1.82) is 0 Å². The van der Waals surface area contributed by atoms with Crippen molar-refractivity contribution in [2.24, 2.45) is 5.92 Å². The molecule has 0 aliphatic carbocycles. The van der Waals surface area contributed by atoms with Crippen molar-refractivity contribution in [2.45, 2.75) is 52.5 Å². The molecule has 1 unspecified atom stereocenters. The lowest BCUT2D eigenvalue weighted by Gasteiger charge is -2.23. The molecule has 2 N–H and O–H groups in total. The first-order valence-electron chi connectivity index (χ1n) is 8.13. The molecule has 1 atom stereocenters. The number of amides is 1. The van der Waals surface area contributed by atoms with E-state index in [1.54, 1.807) is 0 Å². The predicted molar refractivity (Wildman–Crippen MR) is 87.3 cm³/mol. The molecule has 0 saturated carbocycles. The molecule has 1 amide bonds. The second-order valence-electron chi connectivity index (χ2n) is 6.38. The summed E-state index contributed by atoms with van der Waals surface area (Å²) in [4.78, 5) is 12.1. The number of benzene rings is 1. The van der Waals surface area contributed by atoms with Gasteiger partial charge in [-0.05, 0) is 70.2 Å². The minimum Gasteiger partial charge on any atom is -0.350 e.